The van der Waals surface area contributed by atoms with Crippen LogP contribution < -0.4 is 5.73 Å². The van der Waals surface area contributed by atoms with Gasteiger partial charge in [-0.25, -0.2) is 4.39 Å². The van der Waals surface area contributed by atoms with Crippen molar-refractivity contribution in [3.63, 3.8) is 0 Å². The Balaban J connectivity index is 0.00000225. The van der Waals surface area contributed by atoms with Crippen molar-refractivity contribution >= 4 is 12.4 Å². The van der Waals surface area contributed by atoms with Crippen LogP contribution in [0.2, 0.25) is 0 Å². The lowest BCUT2D eigenvalue weighted by Gasteiger charge is -2.16. The van der Waals surface area contributed by atoms with Crippen LogP contribution in [0.25, 0.3) is 0 Å². The van der Waals surface area contributed by atoms with Gasteiger partial charge in [-0.3, -0.25) is 0 Å². The molecule has 0 spiro atoms. The molecule has 1 nitrogen and oxygen atoms in total. The van der Waals surface area contributed by atoms with Gasteiger partial charge in [-0.05, 0) is 30.2 Å². The summed E-state index contributed by atoms with van der Waals surface area (Å²) in [5.41, 5.74) is 6.15. The Morgan fingerprint density at radius 2 is 1.88 bits per heavy atom. The smallest absolute Gasteiger partial charge is 0.324 e. The Morgan fingerprint density at radius 1 is 1.31 bits per heavy atom. The maximum atomic E-state index is 12.7. The molecule has 0 unspecified atom stereocenters. The van der Waals surface area contributed by atoms with Gasteiger partial charge in [-0.2, -0.15) is 13.2 Å². The van der Waals surface area contributed by atoms with Gasteiger partial charge in [-0.15, -0.1) is 12.4 Å². The molecule has 1 aromatic carbocycles. The number of hydrogen-bond acceptors (Lipinski definition) is 1. The molecule has 1 rings (SSSR count). The van der Waals surface area contributed by atoms with E-state index in [1.165, 1.54) is 19.1 Å². The summed E-state index contributed by atoms with van der Waals surface area (Å²) in [5.74, 6) is -0.476. The number of hydrogen-bond donors (Lipinski definition) is 1. The predicted molar refractivity (Wildman–Crippen MR) is 56.0 cm³/mol. The molecule has 16 heavy (non-hydrogen) atoms. The van der Waals surface area contributed by atoms with Gasteiger partial charge in [0.25, 0.3) is 0 Å². The maximum Gasteiger partial charge on any atom is 0.390 e. The second kappa shape index (κ2) is 5.50. The third kappa shape index (κ3) is 4.37. The SMILES string of the molecule is Cc1cc(F)ccc1[C@H](N)CC(F)(F)F.Cl. The molecule has 0 bridgehead atoms. The van der Waals surface area contributed by atoms with E-state index in [9.17, 15) is 17.6 Å². The highest BCUT2D eigenvalue weighted by Gasteiger charge is 2.31. The van der Waals surface area contributed by atoms with Crippen molar-refractivity contribution < 1.29 is 17.6 Å². The number of rotatable bonds is 2. The van der Waals surface area contributed by atoms with Gasteiger partial charge in [0.05, 0.1) is 6.42 Å². The Bertz CT molecular complexity index is 351. The third-order valence-corrected chi connectivity index (χ3v) is 2.08. The molecule has 6 heteroatoms. The van der Waals surface area contributed by atoms with Crippen LogP contribution >= 0.6 is 12.4 Å². The zero-order valence-corrected chi connectivity index (χ0v) is 9.33. The molecule has 0 aliphatic heterocycles. The molecule has 1 aromatic rings. The van der Waals surface area contributed by atoms with E-state index >= 15 is 0 Å². The highest BCUT2D eigenvalue weighted by atomic mass is 35.5. The van der Waals surface area contributed by atoms with Crippen LogP contribution in [0.3, 0.4) is 0 Å². The fraction of sp³-hybridized carbons (Fsp3) is 0.400. The fourth-order valence-corrected chi connectivity index (χ4v) is 1.41. The lowest BCUT2D eigenvalue weighted by atomic mass is 9.99. The van der Waals surface area contributed by atoms with E-state index in [1.807, 2.05) is 0 Å². The Hall–Kier alpha value is -0.810. The highest BCUT2D eigenvalue weighted by molar-refractivity contribution is 5.85. The number of alkyl halides is 3. The molecule has 0 aliphatic carbocycles. The molecule has 0 radical (unpaired) electrons. The molecule has 0 aromatic heterocycles. The summed E-state index contributed by atoms with van der Waals surface area (Å²) in [7, 11) is 0. The van der Waals surface area contributed by atoms with Crippen LogP contribution in [-0.4, -0.2) is 6.18 Å². The normalized spacial score (nSPS) is 13.1. The minimum Gasteiger partial charge on any atom is -0.324 e. The lowest BCUT2D eigenvalue weighted by molar-refractivity contribution is -0.138. The number of nitrogens with two attached hydrogens (primary N) is 1. The fourth-order valence-electron chi connectivity index (χ4n) is 1.41. The standard InChI is InChI=1S/C10H11F4N.ClH/c1-6-4-7(11)2-3-8(6)9(15)5-10(12,13)14;/h2-4,9H,5,15H2,1H3;1H/t9-;/m1./s1. The quantitative estimate of drug-likeness (QED) is 0.806. The van der Waals surface area contributed by atoms with Crippen molar-refractivity contribution in [2.45, 2.75) is 25.6 Å². The van der Waals surface area contributed by atoms with Crippen molar-refractivity contribution in [1.29, 1.82) is 0 Å². The zero-order chi connectivity index (χ0) is 11.6. The summed E-state index contributed by atoms with van der Waals surface area (Å²) in [6.07, 6.45) is -5.40. The Kier molecular flexibility index (Phi) is 5.22. The molecule has 0 heterocycles. The van der Waals surface area contributed by atoms with E-state index in [0.717, 1.165) is 6.07 Å². The van der Waals surface area contributed by atoms with Crippen molar-refractivity contribution in [2.24, 2.45) is 5.73 Å². The maximum absolute atomic E-state index is 12.7. The van der Waals surface area contributed by atoms with Gasteiger partial charge < -0.3 is 5.73 Å². The van der Waals surface area contributed by atoms with Crippen molar-refractivity contribution in [2.75, 3.05) is 0 Å². The number of aryl methyl sites for hydroxylation is 1. The molecular weight excluding hydrogens is 246 g/mol. The number of benzene rings is 1. The van der Waals surface area contributed by atoms with Gasteiger partial charge >= 0.3 is 6.18 Å². The molecule has 92 valence electrons. The summed E-state index contributed by atoms with van der Waals surface area (Å²) < 4.78 is 48.8. The lowest BCUT2D eigenvalue weighted by Crippen LogP contribution is -2.21. The van der Waals surface area contributed by atoms with Crippen LogP contribution in [0.5, 0.6) is 0 Å². The molecular formula is C10H12ClF4N. The van der Waals surface area contributed by atoms with Crippen molar-refractivity contribution in [3.8, 4) is 0 Å². The second-order valence-corrected chi connectivity index (χ2v) is 3.43. The van der Waals surface area contributed by atoms with E-state index in [4.69, 9.17) is 5.73 Å². The largest absolute Gasteiger partial charge is 0.390 e. The van der Waals surface area contributed by atoms with Gasteiger partial charge in [0.1, 0.15) is 5.82 Å². The first kappa shape index (κ1) is 15.2. The molecule has 1 atom stereocenters. The van der Waals surface area contributed by atoms with Crippen LogP contribution in [0.15, 0.2) is 18.2 Å². The topological polar surface area (TPSA) is 26.0 Å². The van der Waals surface area contributed by atoms with Gasteiger partial charge in [0, 0.05) is 6.04 Å². The van der Waals surface area contributed by atoms with E-state index < -0.39 is 24.5 Å². The van der Waals surface area contributed by atoms with Crippen LogP contribution in [-0.2, 0) is 0 Å². The minimum absolute atomic E-state index is 0. The van der Waals surface area contributed by atoms with E-state index in [-0.39, 0.29) is 12.4 Å². The summed E-state index contributed by atoms with van der Waals surface area (Å²) in [4.78, 5) is 0. The first-order valence-corrected chi connectivity index (χ1v) is 4.38. The van der Waals surface area contributed by atoms with Crippen LogP contribution in [0.4, 0.5) is 17.6 Å². The van der Waals surface area contributed by atoms with E-state index in [0.29, 0.717) is 11.1 Å². The summed E-state index contributed by atoms with van der Waals surface area (Å²) in [6, 6.07) is 2.44. The zero-order valence-electron chi connectivity index (χ0n) is 8.51. The minimum atomic E-state index is -4.31. The molecule has 0 fully saturated rings. The second-order valence-electron chi connectivity index (χ2n) is 3.43. The Morgan fingerprint density at radius 3 is 2.31 bits per heavy atom. The molecule has 0 amide bonds. The van der Waals surface area contributed by atoms with E-state index in [1.54, 1.807) is 0 Å². The van der Waals surface area contributed by atoms with Gasteiger partial charge in [-0.1, -0.05) is 6.07 Å². The summed E-state index contributed by atoms with van der Waals surface area (Å²) in [5, 5.41) is 0. The van der Waals surface area contributed by atoms with E-state index in [2.05, 4.69) is 0 Å². The molecule has 2 N–H and O–H groups in total. The number of halogens is 5. The first-order chi connectivity index (χ1) is 6.79. The third-order valence-electron chi connectivity index (χ3n) is 2.08. The Labute approximate surface area is 97.0 Å². The van der Waals surface area contributed by atoms with Crippen molar-refractivity contribution in [1.82, 2.24) is 0 Å². The molecule has 0 aliphatic rings. The predicted octanol–water partition coefficient (Wildman–Crippen LogP) is 3.51. The summed E-state index contributed by atoms with van der Waals surface area (Å²) >= 11 is 0. The highest BCUT2D eigenvalue weighted by Crippen LogP contribution is 2.29. The monoisotopic (exact) mass is 257 g/mol. The molecule has 0 saturated carbocycles. The average Bonchev–Trinajstić information content (AvgIpc) is 1.99. The first-order valence-electron chi connectivity index (χ1n) is 4.38. The van der Waals surface area contributed by atoms with Crippen LogP contribution in [0.1, 0.15) is 23.6 Å². The van der Waals surface area contributed by atoms with Crippen LogP contribution in [0, 0.1) is 12.7 Å². The average molecular weight is 258 g/mol. The van der Waals surface area contributed by atoms with Gasteiger partial charge in [0.2, 0.25) is 0 Å². The van der Waals surface area contributed by atoms with Gasteiger partial charge in [0.15, 0.2) is 0 Å². The summed E-state index contributed by atoms with van der Waals surface area (Å²) in [6.45, 7) is 1.54. The molecule has 0 saturated heterocycles. The van der Waals surface area contributed by atoms with Crippen molar-refractivity contribution in [3.05, 3.63) is 35.1 Å².